The smallest absolute Gasteiger partial charge is 0.152 e. The van der Waals surface area contributed by atoms with Crippen LogP contribution in [-0.2, 0) is 0 Å². The molecular weight excluding hydrogens is 251 g/mol. The average molecular weight is 264 g/mol. The molecule has 1 heterocycles. The molecule has 0 saturated carbocycles. The maximum absolute atomic E-state index is 5.97. The summed E-state index contributed by atoms with van der Waals surface area (Å²) in [6.07, 6.45) is 1.70. The molecule has 0 aromatic carbocycles. The number of halogens is 2. The van der Waals surface area contributed by atoms with Crippen molar-refractivity contribution in [3.05, 3.63) is 21.9 Å². The van der Waals surface area contributed by atoms with Crippen molar-refractivity contribution in [2.24, 2.45) is 0 Å². The van der Waals surface area contributed by atoms with Crippen LogP contribution in [0.1, 0.15) is 13.8 Å². The highest BCUT2D eigenvalue weighted by Gasteiger charge is 2.07. The van der Waals surface area contributed by atoms with E-state index in [1.165, 1.54) is 0 Å². The first-order chi connectivity index (χ1) is 6.19. The van der Waals surface area contributed by atoms with Crippen LogP contribution in [0.2, 0.25) is 5.15 Å². The Bertz CT molecular complexity index is 287. The summed E-state index contributed by atoms with van der Waals surface area (Å²) in [5.41, 5.74) is 0.987. The van der Waals surface area contributed by atoms with Crippen LogP contribution in [0.3, 0.4) is 0 Å². The van der Waals surface area contributed by atoms with Crippen molar-refractivity contribution in [3.63, 3.8) is 0 Å². The molecule has 0 fully saturated rings. The maximum Gasteiger partial charge on any atom is 0.152 e. The molecule has 0 bridgehead atoms. The number of hydrogen-bond acceptors (Lipinski definition) is 2. The molecule has 0 atom stereocenters. The van der Waals surface area contributed by atoms with Gasteiger partial charge < -0.3 is 4.90 Å². The van der Waals surface area contributed by atoms with Crippen LogP contribution in [0.5, 0.6) is 0 Å². The lowest BCUT2D eigenvalue weighted by Crippen LogP contribution is -2.22. The summed E-state index contributed by atoms with van der Waals surface area (Å²) in [5.74, 6) is 0. The molecule has 0 N–H and O–H groups in total. The highest BCUT2D eigenvalue weighted by molar-refractivity contribution is 9.10. The third-order valence-corrected chi connectivity index (χ3v) is 2.62. The van der Waals surface area contributed by atoms with Crippen LogP contribution in [0.15, 0.2) is 16.7 Å². The number of aromatic nitrogens is 1. The van der Waals surface area contributed by atoms with E-state index in [1.807, 2.05) is 6.07 Å². The predicted molar refractivity (Wildman–Crippen MR) is 60.5 cm³/mol. The van der Waals surface area contributed by atoms with E-state index >= 15 is 0 Å². The molecule has 13 heavy (non-hydrogen) atoms. The van der Waals surface area contributed by atoms with Gasteiger partial charge in [0, 0.05) is 23.8 Å². The van der Waals surface area contributed by atoms with Crippen molar-refractivity contribution in [1.82, 2.24) is 4.98 Å². The molecule has 0 saturated heterocycles. The summed E-state index contributed by atoms with van der Waals surface area (Å²) in [4.78, 5) is 6.24. The minimum atomic E-state index is 0.562. The Morgan fingerprint density at radius 3 is 2.62 bits per heavy atom. The van der Waals surface area contributed by atoms with Crippen molar-refractivity contribution in [1.29, 1.82) is 0 Å². The van der Waals surface area contributed by atoms with Gasteiger partial charge in [0.15, 0.2) is 5.15 Å². The average Bonchev–Trinajstić information content (AvgIpc) is 2.13. The third-order valence-electron chi connectivity index (χ3n) is 1.89. The van der Waals surface area contributed by atoms with Gasteiger partial charge in [-0.15, -0.1) is 0 Å². The molecule has 1 aromatic heterocycles. The number of hydrogen-bond donors (Lipinski definition) is 0. The van der Waals surface area contributed by atoms with Crippen molar-refractivity contribution in [2.75, 3.05) is 18.0 Å². The zero-order valence-corrected chi connectivity index (χ0v) is 10.1. The van der Waals surface area contributed by atoms with E-state index in [1.54, 1.807) is 6.20 Å². The van der Waals surface area contributed by atoms with Gasteiger partial charge in [-0.25, -0.2) is 4.98 Å². The zero-order chi connectivity index (χ0) is 9.84. The first kappa shape index (κ1) is 10.8. The van der Waals surface area contributed by atoms with E-state index in [-0.39, 0.29) is 0 Å². The topological polar surface area (TPSA) is 16.1 Å². The Morgan fingerprint density at radius 2 is 2.08 bits per heavy atom. The van der Waals surface area contributed by atoms with Gasteiger partial charge in [0.25, 0.3) is 0 Å². The van der Waals surface area contributed by atoms with Crippen LogP contribution < -0.4 is 4.90 Å². The fourth-order valence-corrected chi connectivity index (χ4v) is 1.74. The third kappa shape index (κ3) is 2.58. The Hall–Kier alpha value is -0.280. The van der Waals surface area contributed by atoms with Crippen LogP contribution in [0.25, 0.3) is 0 Å². The normalized spacial score (nSPS) is 10.2. The monoisotopic (exact) mass is 262 g/mol. The molecule has 1 rings (SSSR count). The maximum atomic E-state index is 5.97. The summed E-state index contributed by atoms with van der Waals surface area (Å²) >= 11 is 9.35. The van der Waals surface area contributed by atoms with Crippen LogP contribution in [0.4, 0.5) is 5.69 Å². The van der Waals surface area contributed by atoms with Crippen molar-refractivity contribution in [2.45, 2.75) is 13.8 Å². The molecule has 0 aliphatic carbocycles. The minimum Gasteiger partial charge on any atom is -0.370 e. The molecule has 4 heteroatoms. The van der Waals surface area contributed by atoms with Crippen molar-refractivity contribution in [3.8, 4) is 0 Å². The Kier molecular flexibility index (Phi) is 4.00. The molecular formula is C9H12BrClN2. The molecule has 72 valence electrons. The lowest BCUT2D eigenvalue weighted by Gasteiger charge is -2.21. The second-order valence-electron chi connectivity index (χ2n) is 2.64. The highest BCUT2D eigenvalue weighted by Crippen LogP contribution is 2.26. The minimum absolute atomic E-state index is 0.562. The van der Waals surface area contributed by atoms with E-state index in [9.17, 15) is 0 Å². The number of pyridine rings is 1. The summed E-state index contributed by atoms with van der Waals surface area (Å²) in [5, 5.41) is 0.562. The van der Waals surface area contributed by atoms with Gasteiger partial charge in [-0.05, 0) is 35.8 Å². The van der Waals surface area contributed by atoms with Gasteiger partial charge in [-0.3, -0.25) is 0 Å². The molecule has 0 aliphatic heterocycles. The van der Waals surface area contributed by atoms with E-state index in [0.29, 0.717) is 5.15 Å². The van der Waals surface area contributed by atoms with Gasteiger partial charge in [0.2, 0.25) is 0 Å². The van der Waals surface area contributed by atoms with E-state index < -0.39 is 0 Å². The molecule has 0 radical (unpaired) electrons. The number of nitrogens with zero attached hydrogens (tertiary/aromatic N) is 2. The second-order valence-corrected chi connectivity index (χ2v) is 3.91. The molecule has 1 aromatic rings. The van der Waals surface area contributed by atoms with Crippen LogP contribution >= 0.6 is 27.5 Å². The lowest BCUT2D eigenvalue weighted by atomic mass is 10.3. The first-order valence-electron chi connectivity index (χ1n) is 4.25. The van der Waals surface area contributed by atoms with Gasteiger partial charge >= 0.3 is 0 Å². The summed E-state index contributed by atoms with van der Waals surface area (Å²) in [6, 6.07) is 1.99. The van der Waals surface area contributed by atoms with Crippen LogP contribution in [0, 0.1) is 0 Å². The quantitative estimate of drug-likeness (QED) is 0.778. The Balaban J connectivity index is 3.03. The van der Waals surface area contributed by atoms with Crippen molar-refractivity contribution < 1.29 is 0 Å². The lowest BCUT2D eigenvalue weighted by molar-refractivity contribution is 0.862. The first-order valence-corrected chi connectivity index (χ1v) is 5.42. The van der Waals surface area contributed by atoms with Crippen LogP contribution in [-0.4, -0.2) is 18.1 Å². The second kappa shape index (κ2) is 4.82. The molecule has 0 amide bonds. The van der Waals surface area contributed by atoms with Crippen molar-refractivity contribution >= 4 is 33.2 Å². The molecule has 0 aliphatic rings. The Morgan fingerprint density at radius 1 is 1.46 bits per heavy atom. The van der Waals surface area contributed by atoms with Gasteiger partial charge in [0.05, 0.1) is 5.69 Å². The molecule has 0 spiro atoms. The molecule has 2 nitrogen and oxygen atoms in total. The van der Waals surface area contributed by atoms with E-state index in [4.69, 9.17) is 11.6 Å². The Labute approximate surface area is 92.0 Å². The SMILES string of the molecule is CCN(CC)c1cc(Br)cnc1Cl. The summed E-state index contributed by atoms with van der Waals surface area (Å²) < 4.78 is 0.957. The number of rotatable bonds is 3. The zero-order valence-electron chi connectivity index (χ0n) is 7.72. The van der Waals surface area contributed by atoms with Gasteiger partial charge in [-0.1, -0.05) is 11.6 Å². The number of anilines is 1. The van der Waals surface area contributed by atoms with Gasteiger partial charge in [-0.2, -0.15) is 0 Å². The van der Waals surface area contributed by atoms with E-state index in [0.717, 1.165) is 23.2 Å². The summed E-state index contributed by atoms with van der Waals surface area (Å²) in [6.45, 7) is 6.07. The fraction of sp³-hybridized carbons (Fsp3) is 0.444. The van der Waals surface area contributed by atoms with Gasteiger partial charge in [0.1, 0.15) is 0 Å². The largest absolute Gasteiger partial charge is 0.370 e. The molecule has 0 unspecified atom stereocenters. The highest BCUT2D eigenvalue weighted by atomic mass is 79.9. The summed E-state index contributed by atoms with van der Waals surface area (Å²) in [7, 11) is 0. The van der Waals surface area contributed by atoms with E-state index in [2.05, 4.69) is 39.7 Å². The fourth-order valence-electron chi connectivity index (χ4n) is 1.20. The standard InChI is InChI=1S/C9H12BrClN2/c1-3-13(4-2)8-5-7(10)6-12-9(8)11/h5-6H,3-4H2,1-2H3. The predicted octanol–water partition coefficient (Wildman–Crippen LogP) is 3.34.